The molecule has 1 saturated carbocycles. The summed E-state index contributed by atoms with van der Waals surface area (Å²) in [5, 5.41) is 1.37. The Kier molecular flexibility index (Phi) is 3.40. The number of halogens is 4. The zero-order valence-corrected chi connectivity index (χ0v) is 15.2. The van der Waals surface area contributed by atoms with Crippen molar-refractivity contribution in [3.05, 3.63) is 51.3 Å². The quantitative estimate of drug-likeness (QED) is 0.393. The van der Waals surface area contributed by atoms with Crippen LogP contribution < -0.4 is 0 Å². The van der Waals surface area contributed by atoms with Crippen LogP contribution in [0.15, 0.2) is 18.2 Å². The van der Waals surface area contributed by atoms with Crippen molar-refractivity contribution in [1.82, 2.24) is 4.98 Å². The van der Waals surface area contributed by atoms with E-state index in [4.69, 9.17) is 18.2 Å². The van der Waals surface area contributed by atoms with Crippen LogP contribution in [0.1, 0.15) is 42.4 Å². The first-order chi connectivity index (χ1) is 12.8. The first-order valence-corrected chi connectivity index (χ1v) is 9.43. The molecule has 0 unspecified atom stereocenters. The van der Waals surface area contributed by atoms with E-state index in [1.54, 1.807) is 6.07 Å². The fourth-order valence-corrected chi connectivity index (χ4v) is 5.45. The number of nitrogens with one attached hydrogen (secondary N) is 1. The molecule has 138 valence electrons. The molecule has 2 aliphatic carbocycles. The number of H-pyrrole nitrogens is 1. The Balaban J connectivity index is 1.85. The lowest BCUT2D eigenvalue weighted by atomic mass is 9.83. The van der Waals surface area contributed by atoms with Gasteiger partial charge in [-0.1, -0.05) is 24.4 Å². The van der Waals surface area contributed by atoms with Gasteiger partial charge in [-0.25, -0.2) is 4.85 Å². The molecule has 1 N–H and O–H groups in total. The molecule has 0 bridgehead atoms. The van der Waals surface area contributed by atoms with Crippen LogP contribution in [0.3, 0.4) is 0 Å². The van der Waals surface area contributed by atoms with Gasteiger partial charge in [0.2, 0.25) is 0 Å². The van der Waals surface area contributed by atoms with Crippen molar-refractivity contribution >= 4 is 39.1 Å². The van der Waals surface area contributed by atoms with Crippen LogP contribution in [-0.4, -0.2) is 4.98 Å². The van der Waals surface area contributed by atoms with Crippen molar-refractivity contribution in [3.8, 4) is 0 Å². The lowest BCUT2D eigenvalue weighted by Gasteiger charge is -2.21. The van der Waals surface area contributed by atoms with Crippen molar-refractivity contribution in [2.24, 2.45) is 5.41 Å². The number of aromatic amines is 1. The number of alkyl halides is 3. The third kappa shape index (κ3) is 2.39. The van der Waals surface area contributed by atoms with Gasteiger partial charge >= 0.3 is 6.18 Å². The smallest absolute Gasteiger partial charge is 0.354 e. The number of fused-ring (bicyclic) bond motifs is 5. The summed E-state index contributed by atoms with van der Waals surface area (Å²) in [6.45, 7) is 7.58. The summed E-state index contributed by atoms with van der Waals surface area (Å²) in [7, 11) is 0. The molecule has 5 rings (SSSR count). The zero-order chi connectivity index (χ0) is 19.0. The number of benzene rings is 2. The van der Waals surface area contributed by atoms with Crippen molar-refractivity contribution in [1.29, 1.82) is 0 Å². The average molecular weight is 389 g/mol. The predicted molar refractivity (Wildman–Crippen MR) is 100 cm³/mol. The predicted octanol–water partition coefficient (Wildman–Crippen LogP) is 7.20. The van der Waals surface area contributed by atoms with E-state index < -0.39 is 11.7 Å². The van der Waals surface area contributed by atoms with E-state index in [2.05, 4.69) is 9.83 Å². The molecular weight excluding hydrogens is 373 g/mol. The lowest BCUT2D eigenvalue weighted by molar-refractivity contribution is -0.137. The third-order valence-corrected chi connectivity index (χ3v) is 6.66. The fourth-order valence-electron chi connectivity index (χ4n) is 5.18. The maximum atomic E-state index is 13.3. The van der Waals surface area contributed by atoms with Gasteiger partial charge in [0.05, 0.1) is 22.7 Å². The Labute approximate surface area is 159 Å². The molecule has 0 atom stereocenters. The van der Waals surface area contributed by atoms with E-state index in [1.165, 1.54) is 18.9 Å². The maximum absolute atomic E-state index is 13.3. The zero-order valence-electron chi connectivity index (χ0n) is 14.4. The van der Waals surface area contributed by atoms with Crippen LogP contribution in [0.4, 0.5) is 18.9 Å². The Hall–Kier alpha value is -2.19. The van der Waals surface area contributed by atoms with Gasteiger partial charge in [-0.05, 0) is 60.4 Å². The van der Waals surface area contributed by atoms with E-state index in [0.717, 1.165) is 48.3 Å². The standard InChI is InChI=1S/C21H16ClF3N2/c1-26-16-8-17-18(14-10-20(9-13(14)16)4-2-3-5-20)12-6-11(21(23,24)25)7-15(22)19(12)27-17/h6-8,27H,2-5,9-10H2. The minimum Gasteiger partial charge on any atom is -0.354 e. The van der Waals surface area contributed by atoms with E-state index in [1.807, 2.05) is 0 Å². The second-order valence-corrected chi connectivity index (χ2v) is 8.36. The largest absolute Gasteiger partial charge is 0.416 e. The summed E-state index contributed by atoms with van der Waals surface area (Å²) in [5.74, 6) is 0. The summed E-state index contributed by atoms with van der Waals surface area (Å²) < 4.78 is 40.0. The number of hydrogen-bond acceptors (Lipinski definition) is 0. The van der Waals surface area contributed by atoms with Gasteiger partial charge in [0.25, 0.3) is 0 Å². The summed E-state index contributed by atoms with van der Waals surface area (Å²) in [5.41, 5.74) is 3.32. The molecule has 27 heavy (non-hydrogen) atoms. The van der Waals surface area contributed by atoms with Gasteiger partial charge in [0, 0.05) is 16.3 Å². The summed E-state index contributed by atoms with van der Waals surface area (Å²) in [4.78, 5) is 6.88. The molecule has 2 nitrogen and oxygen atoms in total. The van der Waals surface area contributed by atoms with Crippen LogP contribution in [0.25, 0.3) is 26.7 Å². The topological polar surface area (TPSA) is 20.1 Å². The molecule has 6 heteroatoms. The van der Waals surface area contributed by atoms with Gasteiger partial charge in [0.15, 0.2) is 5.69 Å². The highest BCUT2D eigenvalue weighted by Crippen LogP contribution is 2.54. The van der Waals surface area contributed by atoms with Crippen LogP contribution >= 0.6 is 11.6 Å². The molecule has 0 saturated heterocycles. The van der Waals surface area contributed by atoms with Crippen molar-refractivity contribution in [2.45, 2.75) is 44.7 Å². The van der Waals surface area contributed by atoms with E-state index in [0.29, 0.717) is 22.1 Å². The molecule has 2 aliphatic rings. The molecule has 0 aliphatic heterocycles. The maximum Gasteiger partial charge on any atom is 0.416 e. The molecule has 3 aromatic rings. The highest BCUT2D eigenvalue weighted by molar-refractivity contribution is 6.36. The first-order valence-electron chi connectivity index (χ1n) is 9.06. The second-order valence-electron chi connectivity index (χ2n) is 7.95. The van der Waals surface area contributed by atoms with Crippen molar-refractivity contribution in [2.75, 3.05) is 0 Å². The van der Waals surface area contributed by atoms with Crippen LogP contribution in [0, 0.1) is 12.0 Å². The second kappa shape index (κ2) is 5.42. The highest BCUT2D eigenvalue weighted by Gasteiger charge is 2.42. The van der Waals surface area contributed by atoms with Crippen LogP contribution in [-0.2, 0) is 19.0 Å². The van der Waals surface area contributed by atoms with Gasteiger partial charge in [-0.3, -0.25) is 0 Å². The van der Waals surface area contributed by atoms with Crippen LogP contribution in [0.5, 0.6) is 0 Å². The summed E-state index contributed by atoms with van der Waals surface area (Å²) in [6, 6.07) is 3.93. The Morgan fingerprint density at radius 1 is 1.07 bits per heavy atom. The first kappa shape index (κ1) is 16.9. The number of rotatable bonds is 0. The van der Waals surface area contributed by atoms with Gasteiger partial charge in [0.1, 0.15) is 0 Å². The normalized spacial score (nSPS) is 18.5. The average Bonchev–Trinajstić information content (AvgIpc) is 3.30. The van der Waals surface area contributed by atoms with Crippen molar-refractivity contribution < 1.29 is 13.2 Å². The Bertz CT molecular complexity index is 1140. The summed E-state index contributed by atoms with van der Waals surface area (Å²) in [6.07, 6.45) is 1.85. The molecule has 0 radical (unpaired) electrons. The van der Waals surface area contributed by atoms with E-state index in [9.17, 15) is 13.2 Å². The monoisotopic (exact) mass is 388 g/mol. The molecule has 2 aromatic carbocycles. The third-order valence-electron chi connectivity index (χ3n) is 6.36. The molecule has 1 fully saturated rings. The van der Waals surface area contributed by atoms with Gasteiger partial charge < -0.3 is 4.98 Å². The highest BCUT2D eigenvalue weighted by atomic mass is 35.5. The summed E-state index contributed by atoms with van der Waals surface area (Å²) >= 11 is 6.19. The van der Waals surface area contributed by atoms with E-state index in [-0.39, 0.29) is 10.4 Å². The number of nitrogens with zero attached hydrogens (tertiary/aromatic N) is 1. The lowest BCUT2D eigenvalue weighted by Crippen LogP contribution is -2.15. The number of hydrogen-bond donors (Lipinski definition) is 1. The van der Waals surface area contributed by atoms with E-state index >= 15 is 0 Å². The minimum atomic E-state index is -4.45. The minimum absolute atomic E-state index is 0.0581. The SMILES string of the molecule is [C-]#[N+]c1cc2[nH]c3c(Cl)cc(C(F)(F)F)cc3c2c2c1CC1(CCCC1)C2. The molecule has 1 spiro atoms. The Morgan fingerprint density at radius 3 is 2.44 bits per heavy atom. The van der Waals surface area contributed by atoms with Crippen molar-refractivity contribution in [3.63, 3.8) is 0 Å². The van der Waals surface area contributed by atoms with Gasteiger partial charge in [-0.2, -0.15) is 13.2 Å². The Morgan fingerprint density at radius 2 is 1.78 bits per heavy atom. The molecule has 1 aromatic heterocycles. The molecule has 1 heterocycles. The van der Waals surface area contributed by atoms with Gasteiger partial charge in [-0.15, -0.1) is 0 Å². The molecular formula is C21H16ClF3N2. The fraction of sp³-hybridized carbons (Fsp3) is 0.381. The van der Waals surface area contributed by atoms with Crippen LogP contribution in [0.2, 0.25) is 5.02 Å². The number of aromatic nitrogens is 1. The molecule has 0 amide bonds.